The molecule has 13 nitrogen and oxygen atoms in total. The average molecular weight is 491 g/mol. The molecule has 0 aliphatic heterocycles. The molecule has 0 unspecified atom stereocenters. The number of hydrogen-bond donors (Lipinski definition) is 2. The predicted octanol–water partition coefficient (Wildman–Crippen LogP) is 0.664. The maximum Gasteiger partial charge on any atom is 0.335 e. The Morgan fingerprint density at radius 1 is 1.31 bits per heavy atom. The monoisotopic (exact) mass is 490 g/mol. The van der Waals surface area contributed by atoms with Gasteiger partial charge in [-0.15, -0.1) is 0 Å². The van der Waals surface area contributed by atoms with E-state index in [4.69, 9.17) is 14.2 Å². The molecule has 15 heteroatoms. The van der Waals surface area contributed by atoms with E-state index in [2.05, 4.69) is 36.3 Å². The first-order valence-corrected chi connectivity index (χ1v) is 9.96. The van der Waals surface area contributed by atoms with Crippen LogP contribution in [0.25, 0.3) is 6.20 Å². The molecule has 2 amide bonds. The normalized spacial score (nSPS) is 10.6. The van der Waals surface area contributed by atoms with Gasteiger partial charge >= 0.3 is 6.03 Å². The standard InChI is InChI=1S/C14H15BrN6O7S/c1-4-28-10-11(15)19-21(5-6-22)12(10)29(24,25)20-14(23)18-13-16-8(26-2)7-9(17-13)27-3/h5,7H,4H2,1-3H3,(H2,16,17,18,20,23). The van der Waals surface area contributed by atoms with Crippen LogP contribution in [-0.4, -0.2) is 61.0 Å². The number of halogens is 1. The van der Waals surface area contributed by atoms with Crippen molar-refractivity contribution in [2.45, 2.75) is 11.9 Å². The Bertz CT molecular complexity index is 1040. The van der Waals surface area contributed by atoms with Gasteiger partial charge in [-0.1, -0.05) is 0 Å². The first-order valence-electron chi connectivity index (χ1n) is 7.68. The van der Waals surface area contributed by atoms with Crippen molar-refractivity contribution in [1.82, 2.24) is 24.5 Å². The molecule has 2 aromatic rings. The molecule has 2 heterocycles. The maximum absolute atomic E-state index is 12.7. The molecule has 0 radical (unpaired) electrons. The van der Waals surface area contributed by atoms with E-state index in [-0.39, 0.29) is 34.7 Å². The molecular formula is C14H15BrN6O7S. The first kappa shape index (κ1) is 22.1. The van der Waals surface area contributed by atoms with E-state index in [1.807, 2.05) is 0 Å². The van der Waals surface area contributed by atoms with Crippen LogP contribution < -0.4 is 24.2 Å². The van der Waals surface area contributed by atoms with Gasteiger partial charge in [0.05, 0.1) is 26.9 Å². The molecule has 2 rings (SSSR count). The van der Waals surface area contributed by atoms with Crippen LogP contribution in [0.15, 0.2) is 15.7 Å². The Kier molecular flexibility index (Phi) is 7.14. The molecule has 0 atom stereocenters. The van der Waals surface area contributed by atoms with Crippen LogP contribution in [0.2, 0.25) is 0 Å². The highest BCUT2D eigenvalue weighted by Gasteiger charge is 2.31. The van der Waals surface area contributed by atoms with Crippen LogP contribution in [0.1, 0.15) is 6.92 Å². The van der Waals surface area contributed by atoms with E-state index in [0.717, 1.165) is 6.20 Å². The number of hydrogen-bond acceptors (Lipinski definition) is 10. The number of urea groups is 1. The van der Waals surface area contributed by atoms with Crippen LogP contribution >= 0.6 is 15.9 Å². The smallest absolute Gasteiger partial charge is 0.335 e. The molecule has 0 aromatic carbocycles. The molecule has 0 fully saturated rings. The molecule has 0 saturated carbocycles. The lowest BCUT2D eigenvalue weighted by Crippen LogP contribution is -2.36. The van der Waals surface area contributed by atoms with Crippen molar-refractivity contribution in [3.8, 4) is 17.5 Å². The number of nitrogens with one attached hydrogen (secondary N) is 2. The highest BCUT2D eigenvalue weighted by molar-refractivity contribution is 9.10. The molecule has 0 aliphatic carbocycles. The number of nitrogens with zero attached hydrogens (tertiary/aromatic N) is 4. The lowest BCUT2D eigenvalue weighted by Gasteiger charge is -2.11. The first-order chi connectivity index (χ1) is 13.7. The third-order valence-corrected chi connectivity index (χ3v) is 4.91. The molecule has 156 valence electrons. The van der Waals surface area contributed by atoms with Crippen LogP contribution in [0.3, 0.4) is 0 Å². The molecule has 2 aromatic heterocycles. The van der Waals surface area contributed by atoms with Crippen LogP contribution in [0, 0.1) is 0 Å². The second-order valence-corrected chi connectivity index (χ2v) is 7.23. The minimum Gasteiger partial charge on any atom is -0.488 e. The Morgan fingerprint density at radius 2 is 1.93 bits per heavy atom. The van der Waals surface area contributed by atoms with E-state index >= 15 is 0 Å². The van der Waals surface area contributed by atoms with Gasteiger partial charge in [0, 0.05) is 0 Å². The predicted molar refractivity (Wildman–Crippen MR) is 102 cm³/mol. The van der Waals surface area contributed by atoms with Crippen LogP contribution in [0.5, 0.6) is 17.5 Å². The van der Waals surface area contributed by atoms with Gasteiger partial charge in [-0.05, 0) is 22.9 Å². The summed E-state index contributed by atoms with van der Waals surface area (Å²) in [5.41, 5.74) is 0. The number of ether oxygens (including phenoxy) is 3. The van der Waals surface area contributed by atoms with Gasteiger partial charge in [0.25, 0.3) is 10.0 Å². The van der Waals surface area contributed by atoms with Crippen molar-refractivity contribution >= 4 is 50.1 Å². The summed E-state index contributed by atoms with van der Waals surface area (Å²) in [5.74, 6) is 1.09. The third kappa shape index (κ3) is 5.22. The lowest BCUT2D eigenvalue weighted by molar-refractivity contribution is 0.256. The zero-order valence-corrected chi connectivity index (χ0v) is 17.7. The summed E-state index contributed by atoms with van der Waals surface area (Å²) in [6, 6.07) is 0.164. The summed E-state index contributed by atoms with van der Waals surface area (Å²) in [6.45, 7) is 1.71. The average Bonchev–Trinajstić information content (AvgIpc) is 2.97. The Morgan fingerprint density at radius 3 is 2.45 bits per heavy atom. The van der Waals surface area contributed by atoms with Gasteiger partial charge in [-0.2, -0.15) is 23.5 Å². The number of anilines is 1. The third-order valence-electron chi connectivity index (χ3n) is 3.05. The fourth-order valence-corrected chi connectivity index (χ4v) is 3.73. The summed E-state index contributed by atoms with van der Waals surface area (Å²) >= 11 is 3.04. The lowest BCUT2D eigenvalue weighted by atomic mass is 10.6. The van der Waals surface area contributed by atoms with Crippen LogP contribution in [0.4, 0.5) is 10.7 Å². The highest BCUT2D eigenvalue weighted by atomic mass is 79.9. The van der Waals surface area contributed by atoms with Gasteiger partial charge in [-0.3, -0.25) is 5.32 Å². The van der Waals surface area contributed by atoms with Gasteiger partial charge in [0.15, 0.2) is 10.4 Å². The van der Waals surface area contributed by atoms with Crippen molar-refractivity contribution in [2.24, 2.45) is 0 Å². The Hall–Kier alpha value is -3.16. The van der Waals surface area contributed by atoms with Crippen molar-refractivity contribution in [3.05, 3.63) is 10.7 Å². The number of amides is 2. The van der Waals surface area contributed by atoms with E-state index in [0.29, 0.717) is 4.68 Å². The molecular weight excluding hydrogens is 476 g/mol. The quantitative estimate of drug-likeness (QED) is 0.502. The minimum absolute atomic E-state index is 0.00694. The topological polar surface area (TPSA) is 164 Å². The van der Waals surface area contributed by atoms with Gasteiger partial charge in [-0.25, -0.2) is 19.0 Å². The summed E-state index contributed by atoms with van der Waals surface area (Å²) in [7, 11) is -1.86. The zero-order chi connectivity index (χ0) is 21.6. The molecule has 29 heavy (non-hydrogen) atoms. The molecule has 0 aliphatic rings. The van der Waals surface area contributed by atoms with Gasteiger partial charge < -0.3 is 14.2 Å². The van der Waals surface area contributed by atoms with E-state index in [9.17, 15) is 18.0 Å². The summed E-state index contributed by atoms with van der Waals surface area (Å²) < 4.78 is 43.0. The highest BCUT2D eigenvalue weighted by Crippen LogP contribution is 2.32. The summed E-state index contributed by atoms with van der Waals surface area (Å²) in [6.07, 6.45) is 0.718. The van der Waals surface area contributed by atoms with Crippen molar-refractivity contribution < 1.29 is 32.2 Å². The molecule has 0 bridgehead atoms. The largest absolute Gasteiger partial charge is 0.488 e. The second-order valence-electron chi connectivity index (χ2n) is 4.89. The second kappa shape index (κ2) is 9.36. The summed E-state index contributed by atoms with van der Waals surface area (Å²) in [4.78, 5) is 30.6. The van der Waals surface area contributed by atoms with Gasteiger partial charge in [0.1, 0.15) is 12.1 Å². The number of methoxy groups -OCH3 is 2. The number of carbonyl (C=O) groups excluding carboxylic acids is 2. The van der Waals surface area contributed by atoms with Crippen molar-refractivity contribution in [1.29, 1.82) is 0 Å². The Balaban J connectivity index is 2.34. The van der Waals surface area contributed by atoms with Crippen molar-refractivity contribution in [3.63, 3.8) is 0 Å². The van der Waals surface area contributed by atoms with Crippen molar-refractivity contribution in [2.75, 3.05) is 26.1 Å². The number of carbonyl (C=O) groups is 1. The minimum atomic E-state index is -4.54. The SMILES string of the molecule is CCOc1c(Br)nn(C=C=O)c1S(=O)(=O)NC(=O)Nc1nc(OC)cc(OC)n1. The molecule has 0 spiro atoms. The van der Waals surface area contributed by atoms with E-state index in [1.165, 1.54) is 26.2 Å². The van der Waals surface area contributed by atoms with Crippen LogP contribution in [-0.2, 0) is 14.8 Å². The maximum atomic E-state index is 12.7. The number of rotatable bonds is 8. The summed E-state index contributed by atoms with van der Waals surface area (Å²) in [5, 5.41) is 5.36. The number of aromatic nitrogens is 4. The Labute approximate surface area is 173 Å². The molecule has 0 saturated heterocycles. The number of sulfonamides is 1. The zero-order valence-electron chi connectivity index (χ0n) is 15.3. The fraction of sp³-hybridized carbons (Fsp3) is 0.286. The van der Waals surface area contributed by atoms with E-state index < -0.39 is 21.1 Å². The van der Waals surface area contributed by atoms with Gasteiger partial charge in [0.2, 0.25) is 22.7 Å². The molecule has 2 N–H and O–H groups in total. The fourth-order valence-electron chi connectivity index (χ4n) is 1.99. The van der Waals surface area contributed by atoms with E-state index in [1.54, 1.807) is 11.6 Å².